The summed E-state index contributed by atoms with van der Waals surface area (Å²) >= 11 is 0. The maximum Gasteiger partial charge on any atom is 0.411 e. The van der Waals surface area contributed by atoms with Crippen molar-refractivity contribution in [3.63, 3.8) is 0 Å². The molecule has 1 N–H and O–H groups in total. The van der Waals surface area contributed by atoms with Gasteiger partial charge in [0.2, 0.25) is 0 Å². The Morgan fingerprint density at radius 3 is 2.29 bits per heavy atom. The minimum absolute atomic E-state index is 0.349. The molecule has 0 aliphatic heterocycles. The average Bonchev–Trinajstić information content (AvgIpc) is 2.53. The predicted octanol–water partition coefficient (Wildman–Crippen LogP) is 3.76. The van der Waals surface area contributed by atoms with Crippen molar-refractivity contribution in [1.29, 1.82) is 0 Å². The van der Waals surface area contributed by atoms with Gasteiger partial charge in [-0.25, -0.2) is 4.79 Å². The normalized spacial score (nSPS) is 9.95. The summed E-state index contributed by atoms with van der Waals surface area (Å²) in [5.74, 6) is 0. The zero-order chi connectivity index (χ0) is 14.9. The molecule has 0 spiro atoms. The van der Waals surface area contributed by atoms with Crippen LogP contribution in [0.1, 0.15) is 6.92 Å². The van der Waals surface area contributed by atoms with Crippen LogP contribution < -0.4 is 10.2 Å². The van der Waals surface area contributed by atoms with Crippen molar-refractivity contribution < 1.29 is 9.53 Å². The molecule has 0 atom stereocenters. The smallest absolute Gasteiger partial charge is 0.411 e. The van der Waals surface area contributed by atoms with E-state index in [0.717, 1.165) is 17.9 Å². The van der Waals surface area contributed by atoms with Gasteiger partial charge in [0.05, 0.1) is 6.54 Å². The lowest BCUT2D eigenvalue weighted by Crippen LogP contribution is -2.28. The van der Waals surface area contributed by atoms with Gasteiger partial charge >= 0.3 is 6.09 Å². The second-order valence-corrected chi connectivity index (χ2v) is 4.54. The Bertz CT molecular complexity index is 543. The third-order valence-corrected chi connectivity index (χ3v) is 3.12. The van der Waals surface area contributed by atoms with Crippen LogP contribution >= 0.6 is 0 Å². The van der Waals surface area contributed by atoms with Gasteiger partial charge in [0.15, 0.2) is 0 Å². The molecule has 4 heteroatoms. The van der Waals surface area contributed by atoms with E-state index in [1.54, 1.807) is 0 Å². The van der Waals surface area contributed by atoms with E-state index in [2.05, 4.69) is 17.1 Å². The van der Waals surface area contributed by atoms with Crippen LogP contribution in [0.3, 0.4) is 0 Å². The van der Waals surface area contributed by atoms with Crippen LogP contribution in [0.5, 0.6) is 0 Å². The van der Waals surface area contributed by atoms with Gasteiger partial charge in [0.1, 0.15) is 6.61 Å². The molecule has 0 saturated heterocycles. The molecule has 0 heterocycles. The van der Waals surface area contributed by atoms with Crippen molar-refractivity contribution in [3.8, 4) is 0 Å². The Hall–Kier alpha value is -2.49. The molecule has 0 bridgehead atoms. The van der Waals surface area contributed by atoms with Gasteiger partial charge in [-0.15, -0.1) is 0 Å². The lowest BCUT2D eigenvalue weighted by atomic mass is 10.3. The predicted molar refractivity (Wildman–Crippen MR) is 85.7 cm³/mol. The van der Waals surface area contributed by atoms with Crippen LogP contribution in [0.4, 0.5) is 16.2 Å². The highest BCUT2D eigenvalue weighted by atomic mass is 16.5. The molecule has 2 aromatic carbocycles. The first-order valence-corrected chi connectivity index (χ1v) is 7.08. The number of amides is 1. The lowest BCUT2D eigenvalue weighted by molar-refractivity contribution is 0.164. The fourth-order valence-corrected chi connectivity index (χ4v) is 2.03. The van der Waals surface area contributed by atoms with E-state index in [-0.39, 0.29) is 0 Å². The Morgan fingerprint density at radius 1 is 1.05 bits per heavy atom. The number of rotatable bonds is 6. The zero-order valence-corrected chi connectivity index (χ0v) is 12.2. The summed E-state index contributed by atoms with van der Waals surface area (Å²) in [6, 6.07) is 19.4. The van der Waals surface area contributed by atoms with Gasteiger partial charge in [-0.1, -0.05) is 36.4 Å². The van der Waals surface area contributed by atoms with Crippen molar-refractivity contribution >= 4 is 17.5 Å². The third-order valence-electron chi connectivity index (χ3n) is 3.12. The van der Waals surface area contributed by atoms with Crippen molar-refractivity contribution in [2.24, 2.45) is 0 Å². The van der Waals surface area contributed by atoms with E-state index < -0.39 is 6.09 Å². The average molecular weight is 284 g/mol. The summed E-state index contributed by atoms with van der Waals surface area (Å²) in [7, 11) is 0. The Morgan fingerprint density at radius 2 is 1.67 bits per heavy atom. The maximum absolute atomic E-state index is 11.7. The number of nitrogens with zero attached hydrogens (tertiary/aromatic N) is 1. The molecule has 1 amide bonds. The van der Waals surface area contributed by atoms with E-state index in [9.17, 15) is 4.79 Å². The second-order valence-electron chi connectivity index (χ2n) is 4.54. The molecule has 0 saturated carbocycles. The number of hydrogen-bond acceptors (Lipinski definition) is 3. The standard InChI is InChI=1S/C17H20N2O2/c1-2-19(16-11-7-4-8-12-16)13-14-21-17(20)18-15-9-5-3-6-10-15/h3-12H,2,13-14H2,1H3,(H,18,20). The summed E-state index contributed by atoms with van der Waals surface area (Å²) in [5.41, 5.74) is 1.87. The van der Waals surface area contributed by atoms with E-state index in [4.69, 9.17) is 4.74 Å². The fourth-order valence-electron chi connectivity index (χ4n) is 2.03. The zero-order valence-electron chi connectivity index (χ0n) is 12.2. The van der Waals surface area contributed by atoms with E-state index >= 15 is 0 Å². The summed E-state index contributed by atoms with van der Waals surface area (Å²) in [6.07, 6.45) is -0.426. The molecule has 21 heavy (non-hydrogen) atoms. The molecule has 0 aromatic heterocycles. The number of benzene rings is 2. The second kappa shape index (κ2) is 7.94. The monoisotopic (exact) mass is 284 g/mol. The molecule has 2 aromatic rings. The van der Waals surface area contributed by atoms with Crippen LogP contribution in [-0.2, 0) is 4.74 Å². The highest BCUT2D eigenvalue weighted by Crippen LogP contribution is 2.12. The Labute approximate surface area is 125 Å². The van der Waals surface area contributed by atoms with Crippen molar-refractivity contribution in [2.45, 2.75) is 6.92 Å². The SMILES string of the molecule is CCN(CCOC(=O)Nc1ccccc1)c1ccccc1. The lowest BCUT2D eigenvalue weighted by Gasteiger charge is -2.22. The number of para-hydroxylation sites is 2. The van der Waals surface area contributed by atoms with Gasteiger partial charge in [-0.3, -0.25) is 5.32 Å². The first-order chi connectivity index (χ1) is 10.3. The molecule has 0 aliphatic rings. The summed E-state index contributed by atoms with van der Waals surface area (Å²) < 4.78 is 5.21. The molecule has 0 fully saturated rings. The van der Waals surface area contributed by atoms with E-state index in [1.807, 2.05) is 60.7 Å². The van der Waals surface area contributed by atoms with Crippen LogP contribution in [0, 0.1) is 0 Å². The number of ether oxygens (including phenoxy) is 1. The van der Waals surface area contributed by atoms with Crippen LogP contribution in [0.25, 0.3) is 0 Å². The first kappa shape index (κ1) is 14.9. The molecular formula is C17H20N2O2. The van der Waals surface area contributed by atoms with Crippen molar-refractivity contribution in [1.82, 2.24) is 0 Å². The fraction of sp³-hybridized carbons (Fsp3) is 0.235. The highest BCUT2D eigenvalue weighted by molar-refractivity contribution is 5.84. The molecule has 2 rings (SSSR count). The van der Waals surface area contributed by atoms with Crippen LogP contribution in [0.15, 0.2) is 60.7 Å². The molecule has 4 nitrogen and oxygen atoms in total. The van der Waals surface area contributed by atoms with Crippen molar-refractivity contribution in [3.05, 3.63) is 60.7 Å². The number of nitrogens with one attached hydrogen (secondary N) is 1. The Balaban J connectivity index is 1.76. The molecular weight excluding hydrogens is 264 g/mol. The topological polar surface area (TPSA) is 41.6 Å². The number of likely N-dealkylation sites (N-methyl/N-ethyl adjacent to an activating group) is 1. The number of carbonyl (C=O) groups excluding carboxylic acids is 1. The molecule has 110 valence electrons. The van der Waals surface area contributed by atoms with Crippen LogP contribution in [-0.4, -0.2) is 25.8 Å². The summed E-state index contributed by atoms with van der Waals surface area (Å²) in [6.45, 7) is 3.97. The van der Waals surface area contributed by atoms with Crippen molar-refractivity contribution in [2.75, 3.05) is 29.9 Å². The largest absolute Gasteiger partial charge is 0.447 e. The highest BCUT2D eigenvalue weighted by Gasteiger charge is 2.06. The van der Waals surface area contributed by atoms with Gasteiger partial charge in [-0.2, -0.15) is 0 Å². The summed E-state index contributed by atoms with van der Waals surface area (Å²) in [5, 5.41) is 2.69. The number of carbonyl (C=O) groups is 1. The summed E-state index contributed by atoms with van der Waals surface area (Å²) in [4.78, 5) is 13.8. The van der Waals surface area contributed by atoms with E-state index in [0.29, 0.717) is 13.2 Å². The minimum Gasteiger partial charge on any atom is -0.447 e. The molecule has 0 aliphatic carbocycles. The molecule has 0 radical (unpaired) electrons. The number of hydrogen-bond donors (Lipinski definition) is 1. The quantitative estimate of drug-likeness (QED) is 0.878. The van der Waals surface area contributed by atoms with Gasteiger partial charge in [0.25, 0.3) is 0 Å². The molecule has 0 unspecified atom stereocenters. The Kier molecular flexibility index (Phi) is 5.64. The van der Waals surface area contributed by atoms with Gasteiger partial charge in [-0.05, 0) is 31.2 Å². The maximum atomic E-state index is 11.7. The minimum atomic E-state index is -0.426. The number of anilines is 2. The first-order valence-electron chi connectivity index (χ1n) is 7.08. The van der Waals surface area contributed by atoms with E-state index in [1.165, 1.54) is 0 Å². The van der Waals surface area contributed by atoms with Crippen LogP contribution in [0.2, 0.25) is 0 Å². The third kappa shape index (κ3) is 4.84. The van der Waals surface area contributed by atoms with Gasteiger partial charge < -0.3 is 9.64 Å². The van der Waals surface area contributed by atoms with Gasteiger partial charge in [0, 0.05) is 17.9 Å².